The molecule has 19 heavy (non-hydrogen) atoms. The van der Waals surface area contributed by atoms with Crippen molar-refractivity contribution in [2.75, 3.05) is 12.3 Å². The average Bonchev–Trinajstić information content (AvgIpc) is 2.62. The fraction of sp³-hybridized carbons (Fsp3) is 0.385. The molecule has 6 heteroatoms. The van der Waals surface area contributed by atoms with Crippen LogP contribution in [0.2, 0.25) is 0 Å². The second kappa shape index (κ2) is 4.16. The predicted octanol–water partition coefficient (Wildman–Crippen LogP) is 0.707. The smallest absolute Gasteiger partial charge is 0.230 e. The average molecular weight is 279 g/mol. The van der Waals surface area contributed by atoms with Crippen molar-refractivity contribution in [1.29, 1.82) is 0 Å². The highest BCUT2D eigenvalue weighted by Gasteiger charge is 2.40. The molecule has 1 saturated heterocycles. The number of hydrogen-bond donors (Lipinski definition) is 0. The fourth-order valence-corrected chi connectivity index (χ4v) is 4.55. The maximum absolute atomic E-state index is 12.1. The molecule has 100 valence electrons. The van der Waals surface area contributed by atoms with Crippen LogP contribution in [0.3, 0.4) is 0 Å². The van der Waals surface area contributed by atoms with Crippen LogP contribution in [0.4, 0.5) is 0 Å². The van der Waals surface area contributed by atoms with Crippen molar-refractivity contribution in [2.24, 2.45) is 0 Å². The summed E-state index contributed by atoms with van der Waals surface area (Å²) in [5.41, 5.74) is 0.671. The molecule has 0 aliphatic carbocycles. The summed E-state index contributed by atoms with van der Waals surface area (Å²) in [6.07, 6.45) is 0.198. The SMILES string of the molecule is O=C1CCN(C2CS(=O)(=O)c3ccccc32)C(=O)C1. The molecule has 0 saturated carbocycles. The number of hydrogen-bond acceptors (Lipinski definition) is 4. The number of carbonyl (C=O) groups is 2. The summed E-state index contributed by atoms with van der Waals surface area (Å²) >= 11 is 0. The van der Waals surface area contributed by atoms with Crippen molar-refractivity contribution in [3.63, 3.8) is 0 Å². The molecular weight excluding hydrogens is 266 g/mol. The summed E-state index contributed by atoms with van der Waals surface area (Å²) in [6.45, 7) is 0.312. The molecular formula is C13H13NO4S. The monoisotopic (exact) mass is 279 g/mol. The third-order valence-corrected chi connectivity index (χ3v) is 5.46. The first-order valence-corrected chi connectivity index (χ1v) is 7.77. The standard InChI is InChI=1S/C13H13NO4S/c15-9-5-6-14(13(16)7-9)11-8-19(17,18)12-4-2-1-3-10(11)12/h1-4,11H,5-8H2. The molecule has 0 N–H and O–H groups in total. The first kappa shape index (κ1) is 12.3. The van der Waals surface area contributed by atoms with Crippen LogP contribution in [0, 0.1) is 0 Å². The number of ketones is 1. The Morgan fingerprint density at radius 2 is 1.89 bits per heavy atom. The third-order valence-electron chi connectivity index (χ3n) is 3.67. The number of carbonyl (C=O) groups excluding carboxylic acids is 2. The van der Waals surface area contributed by atoms with Crippen LogP contribution in [0.25, 0.3) is 0 Å². The zero-order valence-corrected chi connectivity index (χ0v) is 11.0. The fourth-order valence-electron chi connectivity index (χ4n) is 2.74. The Morgan fingerprint density at radius 1 is 1.16 bits per heavy atom. The number of fused-ring (bicyclic) bond motifs is 1. The molecule has 1 amide bonds. The summed E-state index contributed by atoms with van der Waals surface area (Å²) in [7, 11) is -3.32. The molecule has 2 aliphatic heterocycles. The van der Waals surface area contributed by atoms with Gasteiger partial charge in [-0.15, -0.1) is 0 Å². The number of rotatable bonds is 1. The van der Waals surface area contributed by atoms with E-state index in [-0.39, 0.29) is 23.9 Å². The largest absolute Gasteiger partial charge is 0.334 e. The van der Waals surface area contributed by atoms with Crippen molar-refractivity contribution in [3.05, 3.63) is 29.8 Å². The minimum Gasteiger partial charge on any atom is -0.334 e. The third kappa shape index (κ3) is 1.96. The predicted molar refractivity (Wildman–Crippen MR) is 67.2 cm³/mol. The lowest BCUT2D eigenvalue weighted by atomic mass is 10.0. The number of Topliss-reactive ketones (excluding diaryl/α,β-unsaturated/α-hetero) is 1. The van der Waals surface area contributed by atoms with Gasteiger partial charge in [0, 0.05) is 13.0 Å². The number of amides is 1. The van der Waals surface area contributed by atoms with Gasteiger partial charge in [-0.2, -0.15) is 0 Å². The van der Waals surface area contributed by atoms with Gasteiger partial charge in [0.15, 0.2) is 9.84 Å². The summed E-state index contributed by atoms with van der Waals surface area (Å²) in [5, 5.41) is 0. The molecule has 3 rings (SSSR count). The molecule has 1 fully saturated rings. The molecule has 5 nitrogen and oxygen atoms in total. The molecule has 1 unspecified atom stereocenters. The first-order valence-electron chi connectivity index (χ1n) is 6.12. The maximum Gasteiger partial charge on any atom is 0.230 e. The number of benzene rings is 1. The van der Waals surface area contributed by atoms with Crippen molar-refractivity contribution in [1.82, 2.24) is 4.90 Å². The quantitative estimate of drug-likeness (QED) is 0.710. The van der Waals surface area contributed by atoms with Crippen LogP contribution in [0.1, 0.15) is 24.4 Å². The van der Waals surface area contributed by atoms with Gasteiger partial charge >= 0.3 is 0 Å². The lowest BCUT2D eigenvalue weighted by Gasteiger charge is -2.31. The molecule has 1 aromatic rings. The summed E-state index contributed by atoms with van der Waals surface area (Å²) in [6, 6.07) is 6.33. The maximum atomic E-state index is 12.1. The van der Waals surface area contributed by atoms with E-state index >= 15 is 0 Å². The van der Waals surface area contributed by atoms with E-state index in [9.17, 15) is 18.0 Å². The summed E-state index contributed by atoms with van der Waals surface area (Å²) in [5.74, 6) is -0.421. The Morgan fingerprint density at radius 3 is 2.63 bits per heavy atom. The van der Waals surface area contributed by atoms with E-state index in [1.165, 1.54) is 4.90 Å². The number of sulfone groups is 1. The van der Waals surface area contributed by atoms with Gasteiger partial charge in [-0.3, -0.25) is 9.59 Å². The molecule has 0 spiro atoms. The lowest BCUT2D eigenvalue weighted by molar-refractivity contribution is -0.141. The van der Waals surface area contributed by atoms with Crippen molar-refractivity contribution in [2.45, 2.75) is 23.8 Å². The Hall–Kier alpha value is -1.69. The van der Waals surface area contributed by atoms with E-state index in [4.69, 9.17) is 0 Å². The molecule has 2 aliphatic rings. The van der Waals surface area contributed by atoms with Crippen LogP contribution in [0.15, 0.2) is 29.2 Å². The summed E-state index contributed by atoms with van der Waals surface area (Å²) < 4.78 is 24.1. The Labute approximate surface area is 111 Å². The van der Waals surface area contributed by atoms with Crippen LogP contribution < -0.4 is 0 Å². The van der Waals surface area contributed by atoms with Crippen LogP contribution >= 0.6 is 0 Å². The van der Waals surface area contributed by atoms with Crippen molar-refractivity contribution in [3.8, 4) is 0 Å². The van der Waals surface area contributed by atoms with Crippen LogP contribution in [-0.2, 0) is 19.4 Å². The molecule has 0 aromatic heterocycles. The van der Waals surface area contributed by atoms with Crippen LogP contribution in [0.5, 0.6) is 0 Å². The van der Waals surface area contributed by atoms with E-state index < -0.39 is 15.9 Å². The first-order chi connectivity index (χ1) is 8.99. The molecule has 0 bridgehead atoms. The highest BCUT2D eigenvalue weighted by molar-refractivity contribution is 7.91. The van der Waals surface area contributed by atoms with E-state index in [1.54, 1.807) is 24.3 Å². The second-order valence-corrected chi connectivity index (χ2v) is 6.89. The van der Waals surface area contributed by atoms with Crippen LogP contribution in [-0.4, -0.2) is 37.3 Å². The normalized spacial score (nSPS) is 25.5. The topological polar surface area (TPSA) is 71.5 Å². The van der Waals surface area contributed by atoms with Gasteiger partial charge in [0.25, 0.3) is 0 Å². The van der Waals surface area contributed by atoms with E-state index in [1.807, 2.05) is 0 Å². The van der Waals surface area contributed by atoms with Gasteiger partial charge in [0.05, 0.1) is 23.1 Å². The molecule has 0 radical (unpaired) electrons. The Balaban J connectivity index is 2.00. The van der Waals surface area contributed by atoms with Gasteiger partial charge in [-0.05, 0) is 11.6 Å². The van der Waals surface area contributed by atoms with Gasteiger partial charge in [-0.25, -0.2) is 8.42 Å². The Bertz CT molecular complexity index is 665. The highest BCUT2D eigenvalue weighted by Crippen LogP contribution is 2.38. The second-order valence-electron chi connectivity index (χ2n) is 4.89. The highest BCUT2D eigenvalue weighted by atomic mass is 32.2. The van der Waals surface area contributed by atoms with Gasteiger partial charge < -0.3 is 4.90 Å². The van der Waals surface area contributed by atoms with Gasteiger partial charge in [0.1, 0.15) is 5.78 Å². The zero-order valence-electron chi connectivity index (χ0n) is 10.2. The minimum absolute atomic E-state index is 0.0737. The molecule has 2 heterocycles. The lowest BCUT2D eigenvalue weighted by Crippen LogP contribution is -2.42. The number of nitrogens with zero attached hydrogens (tertiary/aromatic N) is 1. The van der Waals surface area contributed by atoms with Crippen molar-refractivity contribution >= 4 is 21.5 Å². The van der Waals surface area contributed by atoms with Gasteiger partial charge in [-0.1, -0.05) is 18.2 Å². The minimum atomic E-state index is -3.32. The van der Waals surface area contributed by atoms with Gasteiger partial charge in [0.2, 0.25) is 5.91 Å². The summed E-state index contributed by atoms with van der Waals surface area (Å²) in [4.78, 5) is 25.0. The van der Waals surface area contributed by atoms with Crippen molar-refractivity contribution < 1.29 is 18.0 Å². The zero-order chi connectivity index (χ0) is 13.6. The van der Waals surface area contributed by atoms with E-state index in [0.29, 0.717) is 23.4 Å². The van der Waals surface area contributed by atoms with E-state index in [2.05, 4.69) is 0 Å². The molecule has 1 atom stereocenters. The Kier molecular flexibility index (Phi) is 2.70. The number of likely N-dealkylation sites (tertiary alicyclic amines) is 1. The van der Waals surface area contributed by atoms with E-state index in [0.717, 1.165) is 0 Å². The number of piperidine rings is 1. The molecule has 1 aromatic carbocycles.